The number of hydrogen-bond donors (Lipinski definition) is 0. The SMILES string of the molecule is COCCn1ccc2ccc(C(C)(C)C)cc21. The Morgan fingerprint density at radius 1 is 1.18 bits per heavy atom. The molecule has 0 N–H and O–H groups in total. The van der Waals surface area contributed by atoms with Crippen LogP contribution in [0.2, 0.25) is 0 Å². The van der Waals surface area contributed by atoms with E-state index >= 15 is 0 Å². The van der Waals surface area contributed by atoms with Crippen LogP contribution in [-0.2, 0) is 16.7 Å². The number of rotatable bonds is 3. The van der Waals surface area contributed by atoms with Crippen molar-refractivity contribution in [3.63, 3.8) is 0 Å². The molecule has 1 heterocycles. The van der Waals surface area contributed by atoms with Crippen molar-refractivity contribution in [2.45, 2.75) is 32.7 Å². The molecule has 0 aliphatic heterocycles. The van der Waals surface area contributed by atoms with E-state index in [1.54, 1.807) is 7.11 Å². The third-order valence-electron chi connectivity index (χ3n) is 3.18. The summed E-state index contributed by atoms with van der Waals surface area (Å²) in [7, 11) is 1.74. The van der Waals surface area contributed by atoms with E-state index in [1.807, 2.05) is 0 Å². The summed E-state index contributed by atoms with van der Waals surface area (Å²) in [6.45, 7) is 8.40. The van der Waals surface area contributed by atoms with Gasteiger partial charge in [0, 0.05) is 25.4 Å². The highest BCUT2D eigenvalue weighted by Gasteiger charge is 2.14. The van der Waals surface area contributed by atoms with Crippen LogP contribution in [0.4, 0.5) is 0 Å². The minimum absolute atomic E-state index is 0.199. The van der Waals surface area contributed by atoms with Crippen LogP contribution in [0.25, 0.3) is 10.9 Å². The largest absolute Gasteiger partial charge is 0.383 e. The van der Waals surface area contributed by atoms with Gasteiger partial charge in [0.15, 0.2) is 0 Å². The van der Waals surface area contributed by atoms with Gasteiger partial charge >= 0.3 is 0 Å². The molecule has 0 bridgehead atoms. The van der Waals surface area contributed by atoms with Crippen LogP contribution in [0.15, 0.2) is 30.5 Å². The van der Waals surface area contributed by atoms with Gasteiger partial charge in [0.05, 0.1) is 6.61 Å². The topological polar surface area (TPSA) is 14.2 Å². The van der Waals surface area contributed by atoms with Gasteiger partial charge in [-0.2, -0.15) is 0 Å². The number of aromatic nitrogens is 1. The molecule has 2 rings (SSSR count). The Hall–Kier alpha value is -1.28. The molecule has 0 amide bonds. The number of benzene rings is 1. The summed E-state index contributed by atoms with van der Waals surface area (Å²) in [6.07, 6.45) is 2.14. The number of hydrogen-bond acceptors (Lipinski definition) is 1. The van der Waals surface area contributed by atoms with E-state index in [9.17, 15) is 0 Å². The fourth-order valence-electron chi connectivity index (χ4n) is 2.04. The molecule has 2 aromatic rings. The van der Waals surface area contributed by atoms with Gasteiger partial charge in [-0.3, -0.25) is 0 Å². The maximum atomic E-state index is 5.14. The molecule has 0 spiro atoms. The first-order valence-corrected chi connectivity index (χ1v) is 6.10. The molecule has 0 fully saturated rings. The van der Waals surface area contributed by atoms with Gasteiger partial charge in [-0.05, 0) is 28.5 Å². The first-order valence-electron chi connectivity index (χ1n) is 6.10. The zero-order valence-corrected chi connectivity index (χ0v) is 11.2. The molecule has 0 saturated carbocycles. The van der Waals surface area contributed by atoms with Gasteiger partial charge in [-0.1, -0.05) is 32.9 Å². The standard InChI is InChI=1S/C15H21NO/c1-15(2,3)13-6-5-12-7-8-16(9-10-17-4)14(12)11-13/h5-8,11H,9-10H2,1-4H3. The fraction of sp³-hybridized carbons (Fsp3) is 0.467. The van der Waals surface area contributed by atoms with E-state index < -0.39 is 0 Å². The predicted molar refractivity (Wildman–Crippen MR) is 72.5 cm³/mol. The molecule has 0 radical (unpaired) electrons. The molecular formula is C15H21NO. The van der Waals surface area contributed by atoms with Crippen LogP contribution in [-0.4, -0.2) is 18.3 Å². The molecule has 92 valence electrons. The van der Waals surface area contributed by atoms with Crippen LogP contribution < -0.4 is 0 Å². The number of ether oxygens (including phenoxy) is 1. The van der Waals surface area contributed by atoms with Gasteiger partial charge in [0.1, 0.15) is 0 Å². The molecule has 0 unspecified atom stereocenters. The van der Waals surface area contributed by atoms with E-state index in [4.69, 9.17) is 4.74 Å². The van der Waals surface area contributed by atoms with E-state index in [2.05, 4.69) is 55.8 Å². The van der Waals surface area contributed by atoms with Crippen molar-refractivity contribution in [3.8, 4) is 0 Å². The molecule has 0 aliphatic carbocycles. The first kappa shape index (κ1) is 12.2. The Kier molecular flexibility index (Phi) is 3.25. The minimum atomic E-state index is 0.199. The predicted octanol–water partition coefficient (Wildman–Crippen LogP) is 3.59. The van der Waals surface area contributed by atoms with Crippen LogP contribution in [0.5, 0.6) is 0 Å². The van der Waals surface area contributed by atoms with Gasteiger partial charge < -0.3 is 9.30 Å². The van der Waals surface area contributed by atoms with Crippen LogP contribution >= 0.6 is 0 Å². The van der Waals surface area contributed by atoms with Crippen molar-refractivity contribution in [3.05, 3.63) is 36.0 Å². The summed E-state index contributed by atoms with van der Waals surface area (Å²) < 4.78 is 7.40. The Labute approximate surface area is 103 Å². The summed E-state index contributed by atoms with van der Waals surface area (Å²) in [5.41, 5.74) is 2.88. The Morgan fingerprint density at radius 3 is 2.59 bits per heavy atom. The maximum Gasteiger partial charge on any atom is 0.0641 e. The molecule has 17 heavy (non-hydrogen) atoms. The summed E-state index contributed by atoms with van der Waals surface area (Å²) in [5, 5.41) is 1.30. The molecule has 2 nitrogen and oxygen atoms in total. The monoisotopic (exact) mass is 231 g/mol. The van der Waals surface area contributed by atoms with Crippen molar-refractivity contribution < 1.29 is 4.74 Å². The molecule has 0 atom stereocenters. The van der Waals surface area contributed by atoms with Crippen molar-refractivity contribution in [1.82, 2.24) is 4.57 Å². The lowest BCUT2D eigenvalue weighted by molar-refractivity contribution is 0.188. The van der Waals surface area contributed by atoms with E-state index in [0.717, 1.165) is 13.2 Å². The molecule has 1 aromatic carbocycles. The van der Waals surface area contributed by atoms with E-state index in [1.165, 1.54) is 16.5 Å². The lowest BCUT2D eigenvalue weighted by Crippen LogP contribution is -2.11. The highest BCUT2D eigenvalue weighted by molar-refractivity contribution is 5.81. The Morgan fingerprint density at radius 2 is 1.94 bits per heavy atom. The van der Waals surface area contributed by atoms with Crippen molar-refractivity contribution in [2.24, 2.45) is 0 Å². The van der Waals surface area contributed by atoms with Gasteiger partial charge in [-0.15, -0.1) is 0 Å². The summed E-state index contributed by atoms with van der Waals surface area (Å²) in [4.78, 5) is 0. The highest BCUT2D eigenvalue weighted by atomic mass is 16.5. The third kappa shape index (κ3) is 2.52. The second-order valence-corrected chi connectivity index (χ2v) is 5.53. The lowest BCUT2D eigenvalue weighted by atomic mass is 9.87. The van der Waals surface area contributed by atoms with Crippen molar-refractivity contribution >= 4 is 10.9 Å². The second-order valence-electron chi connectivity index (χ2n) is 5.53. The Balaban J connectivity index is 2.43. The smallest absolute Gasteiger partial charge is 0.0641 e. The first-order chi connectivity index (χ1) is 8.02. The maximum absolute atomic E-state index is 5.14. The molecule has 1 aromatic heterocycles. The second kappa shape index (κ2) is 4.53. The number of nitrogens with zero attached hydrogens (tertiary/aromatic N) is 1. The molecular weight excluding hydrogens is 210 g/mol. The van der Waals surface area contributed by atoms with E-state index in [0.29, 0.717) is 0 Å². The third-order valence-corrected chi connectivity index (χ3v) is 3.18. The lowest BCUT2D eigenvalue weighted by Gasteiger charge is -2.19. The summed E-state index contributed by atoms with van der Waals surface area (Å²) >= 11 is 0. The average Bonchev–Trinajstić information content (AvgIpc) is 2.67. The number of methoxy groups -OCH3 is 1. The van der Waals surface area contributed by atoms with Crippen molar-refractivity contribution in [1.29, 1.82) is 0 Å². The molecule has 0 saturated heterocycles. The van der Waals surface area contributed by atoms with Crippen LogP contribution in [0, 0.1) is 0 Å². The van der Waals surface area contributed by atoms with Crippen LogP contribution in [0.3, 0.4) is 0 Å². The molecule has 0 aliphatic rings. The fourth-order valence-corrected chi connectivity index (χ4v) is 2.04. The zero-order valence-electron chi connectivity index (χ0n) is 11.2. The summed E-state index contributed by atoms with van der Waals surface area (Å²) in [5.74, 6) is 0. The Bertz CT molecular complexity index is 505. The van der Waals surface area contributed by atoms with Gasteiger partial charge in [-0.25, -0.2) is 0 Å². The minimum Gasteiger partial charge on any atom is -0.383 e. The molecule has 2 heteroatoms. The quantitative estimate of drug-likeness (QED) is 0.787. The van der Waals surface area contributed by atoms with Gasteiger partial charge in [0.25, 0.3) is 0 Å². The highest BCUT2D eigenvalue weighted by Crippen LogP contribution is 2.26. The summed E-state index contributed by atoms with van der Waals surface area (Å²) in [6, 6.07) is 8.89. The van der Waals surface area contributed by atoms with E-state index in [-0.39, 0.29) is 5.41 Å². The normalized spacial score (nSPS) is 12.2. The number of fused-ring (bicyclic) bond motifs is 1. The van der Waals surface area contributed by atoms with Crippen molar-refractivity contribution in [2.75, 3.05) is 13.7 Å². The van der Waals surface area contributed by atoms with Crippen LogP contribution in [0.1, 0.15) is 26.3 Å². The van der Waals surface area contributed by atoms with Gasteiger partial charge in [0.2, 0.25) is 0 Å². The zero-order chi connectivity index (χ0) is 12.5. The average molecular weight is 231 g/mol.